The molecule has 1 saturated carbocycles. The number of piperidine rings is 1. The van der Waals surface area contributed by atoms with Crippen LogP contribution < -0.4 is 5.32 Å². The molecule has 0 spiro atoms. The van der Waals surface area contributed by atoms with E-state index in [4.69, 9.17) is 0 Å². The predicted molar refractivity (Wildman–Crippen MR) is 194 cm³/mol. The Labute approximate surface area is 282 Å². The highest BCUT2D eigenvalue weighted by molar-refractivity contribution is 7.41. The number of rotatable bonds is 10. The molecule has 5 aromatic rings. The standard InChI is InChI=1S/C37H39N8PS/c1-3-30-19-32-34(40-23-41-35(32)47-30)42-28-11-15-44(16-12-28)21-26-6-9-33-31(24(26)2)18-29(20-38)45(33)17-10-25-4-7-27(8-5-25)43-36(46)37(22-39)13-14-37/h4-9,18-19,23,28H,3,10-17,21,46H2,1-2H3,(H,40,41,42). The molecule has 7 rings (SSSR count). The number of nitrogens with one attached hydrogen (secondary N) is 1. The second-order valence-corrected chi connectivity index (χ2v) is 14.5. The average Bonchev–Trinajstić information content (AvgIpc) is 3.65. The van der Waals surface area contributed by atoms with Crippen LogP contribution in [0.25, 0.3) is 21.1 Å². The molecule has 238 valence electrons. The summed E-state index contributed by atoms with van der Waals surface area (Å²) in [6, 6.07) is 22.2. The van der Waals surface area contributed by atoms with Crippen LogP contribution in [0.2, 0.25) is 0 Å². The Kier molecular flexibility index (Phi) is 8.81. The fraction of sp³-hybridized carbons (Fsp3) is 0.378. The number of hydrogen-bond donors (Lipinski definition) is 1. The third-order valence-electron chi connectivity index (χ3n) is 9.90. The van der Waals surface area contributed by atoms with E-state index < -0.39 is 0 Å². The number of aryl methyl sites for hydroxylation is 4. The molecule has 1 saturated heterocycles. The van der Waals surface area contributed by atoms with Crippen LogP contribution in [0.5, 0.6) is 0 Å². The number of aromatic nitrogens is 3. The fourth-order valence-corrected chi connectivity index (χ4v) is 8.10. The summed E-state index contributed by atoms with van der Waals surface area (Å²) in [7, 11) is 2.65. The van der Waals surface area contributed by atoms with Gasteiger partial charge in [0.25, 0.3) is 0 Å². The van der Waals surface area contributed by atoms with Gasteiger partial charge in [0.05, 0.1) is 28.0 Å². The van der Waals surface area contributed by atoms with Gasteiger partial charge in [0.15, 0.2) is 0 Å². The highest BCUT2D eigenvalue weighted by atomic mass is 32.1. The van der Waals surface area contributed by atoms with Gasteiger partial charge >= 0.3 is 0 Å². The molecule has 1 N–H and O–H groups in total. The Morgan fingerprint density at radius 3 is 2.57 bits per heavy atom. The highest BCUT2D eigenvalue weighted by Gasteiger charge is 2.46. The van der Waals surface area contributed by atoms with Crippen LogP contribution in [-0.2, 0) is 25.9 Å². The zero-order chi connectivity index (χ0) is 32.5. The van der Waals surface area contributed by atoms with Crippen molar-refractivity contribution in [2.75, 3.05) is 18.4 Å². The average molecular weight is 659 g/mol. The molecule has 8 nitrogen and oxygen atoms in total. The number of nitriles is 2. The van der Waals surface area contributed by atoms with E-state index in [1.165, 1.54) is 21.6 Å². The Bertz CT molecular complexity index is 2050. The summed E-state index contributed by atoms with van der Waals surface area (Å²) < 4.78 is 2.15. The second kappa shape index (κ2) is 13.2. The summed E-state index contributed by atoms with van der Waals surface area (Å²) in [5, 5.41) is 25.5. The van der Waals surface area contributed by atoms with E-state index in [1.807, 2.05) is 12.1 Å². The Morgan fingerprint density at radius 1 is 1.09 bits per heavy atom. The highest BCUT2D eigenvalue weighted by Crippen LogP contribution is 2.48. The van der Waals surface area contributed by atoms with Gasteiger partial charge in [-0.1, -0.05) is 34.4 Å². The fourth-order valence-electron chi connectivity index (χ4n) is 6.66. The van der Waals surface area contributed by atoms with Crippen molar-refractivity contribution < 1.29 is 0 Å². The van der Waals surface area contributed by atoms with Crippen molar-refractivity contribution in [3.63, 3.8) is 0 Å². The van der Waals surface area contributed by atoms with E-state index in [2.05, 4.69) is 101 Å². The minimum absolute atomic E-state index is 0.381. The van der Waals surface area contributed by atoms with Crippen molar-refractivity contribution in [3.05, 3.63) is 82.1 Å². The van der Waals surface area contributed by atoms with E-state index in [-0.39, 0.29) is 5.41 Å². The maximum atomic E-state index is 10.0. The second-order valence-electron chi connectivity index (χ2n) is 12.9. The number of fused-ring (bicyclic) bond motifs is 2. The molecule has 4 heterocycles. The molecule has 47 heavy (non-hydrogen) atoms. The first-order valence-electron chi connectivity index (χ1n) is 16.5. The number of anilines is 1. The summed E-state index contributed by atoms with van der Waals surface area (Å²) >= 11 is 1.76. The van der Waals surface area contributed by atoms with Gasteiger partial charge in [-0.3, -0.25) is 9.89 Å². The molecular formula is C37H39N8PS. The largest absolute Gasteiger partial charge is 0.367 e. The summed E-state index contributed by atoms with van der Waals surface area (Å²) in [4.78, 5) is 18.7. The zero-order valence-corrected chi connectivity index (χ0v) is 28.9. The van der Waals surface area contributed by atoms with E-state index in [9.17, 15) is 10.5 Å². The van der Waals surface area contributed by atoms with Crippen molar-refractivity contribution in [3.8, 4) is 12.1 Å². The van der Waals surface area contributed by atoms with Crippen LogP contribution in [0.4, 0.5) is 11.5 Å². The minimum atomic E-state index is -0.381. The molecule has 0 radical (unpaired) electrons. The third-order valence-corrected chi connectivity index (χ3v) is 11.8. The van der Waals surface area contributed by atoms with Crippen LogP contribution in [0.1, 0.15) is 59.9 Å². The quantitative estimate of drug-likeness (QED) is 0.121. The molecule has 1 aliphatic carbocycles. The molecule has 1 atom stereocenters. The van der Waals surface area contributed by atoms with Gasteiger partial charge in [-0.2, -0.15) is 10.5 Å². The first-order valence-corrected chi connectivity index (χ1v) is 17.9. The molecule has 0 bridgehead atoms. The molecule has 10 heteroatoms. The lowest BCUT2D eigenvalue weighted by Gasteiger charge is -2.33. The van der Waals surface area contributed by atoms with Crippen LogP contribution in [-0.4, -0.2) is 44.0 Å². The van der Waals surface area contributed by atoms with E-state index in [1.54, 1.807) is 17.7 Å². The van der Waals surface area contributed by atoms with Gasteiger partial charge < -0.3 is 9.88 Å². The smallest absolute Gasteiger partial charge is 0.138 e. The summed E-state index contributed by atoms with van der Waals surface area (Å²) in [6.07, 6.45) is 7.42. The molecule has 1 aliphatic heterocycles. The topological polar surface area (TPSA) is 106 Å². The maximum absolute atomic E-state index is 10.0. The monoisotopic (exact) mass is 658 g/mol. The Balaban J connectivity index is 0.986. The van der Waals surface area contributed by atoms with Crippen molar-refractivity contribution >= 4 is 58.7 Å². The van der Waals surface area contributed by atoms with Gasteiger partial charge in [-0.15, -0.1) is 11.3 Å². The van der Waals surface area contributed by atoms with Crippen LogP contribution in [0.15, 0.2) is 59.9 Å². The SMILES string of the molecule is CCc1cc2c(NC3CCN(Cc4ccc5c(cc(C#N)n5CCc5ccc(N=C(P)C6(C#N)CC6)cc5)c4C)CC3)ncnc2s1. The Hall–Kier alpha value is -4.14. The van der Waals surface area contributed by atoms with Gasteiger partial charge in [0.2, 0.25) is 0 Å². The summed E-state index contributed by atoms with van der Waals surface area (Å²) in [6.45, 7) is 8.07. The molecular weight excluding hydrogens is 620 g/mol. The van der Waals surface area contributed by atoms with Crippen LogP contribution >= 0.6 is 20.6 Å². The van der Waals surface area contributed by atoms with Gasteiger partial charge in [-0.25, -0.2) is 9.97 Å². The van der Waals surface area contributed by atoms with E-state index >= 15 is 0 Å². The van der Waals surface area contributed by atoms with E-state index in [0.717, 1.165) is 103 Å². The van der Waals surface area contributed by atoms with Gasteiger partial charge in [0.1, 0.15) is 28.7 Å². The number of thiophene rings is 1. The van der Waals surface area contributed by atoms with Crippen LogP contribution in [0.3, 0.4) is 0 Å². The first kappa shape index (κ1) is 31.5. The van der Waals surface area contributed by atoms with Crippen molar-refractivity contribution in [1.29, 1.82) is 10.5 Å². The minimum Gasteiger partial charge on any atom is -0.367 e. The number of nitrogens with zero attached hydrogens (tertiary/aromatic N) is 7. The molecule has 2 aliphatic rings. The molecule has 1 unspecified atom stereocenters. The lowest BCUT2D eigenvalue weighted by Crippen LogP contribution is -2.39. The van der Waals surface area contributed by atoms with Gasteiger partial charge in [0, 0.05) is 48.0 Å². The van der Waals surface area contributed by atoms with Gasteiger partial charge in [-0.05, 0) is 92.5 Å². The third kappa shape index (κ3) is 6.41. The van der Waals surface area contributed by atoms with Crippen molar-refractivity contribution in [2.45, 2.75) is 71.5 Å². The summed E-state index contributed by atoms with van der Waals surface area (Å²) in [5.41, 5.74) is 6.89. The van der Waals surface area contributed by atoms with Crippen molar-refractivity contribution in [1.82, 2.24) is 19.4 Å². The maximum Gasteiger partial charge on any atom is 0.138 e. The molecule has 2 fully saturated rings. The summed E-state index contributed by atoms with van der Waals surface area (Å²) in [5.74, 6) is 0.960. The molecule has 2 aromatic carbocycles. The predicted octanol–water partition coefficient (Wildman–Crippen LogP) is 7.92. The number of aliphatic imine (C=N–C) groups is 1. The lowest BCUT2D eigenvalue weighted by atomic mass is 10.0. The number of hydrogen-bond acceptors (Lipinski definition) is 8. The lowest BCUT2D eigenvalue weighted by molar-refractivity contribution is 0.211. The molecule has 3 aromatic heterocycles. The number of benzene rings is 2. The van der Waals surface area contributed by atoms with Crippen LogP contribution in [0, 0.1) is 35.0 Å². The Morgan fingerprint density at radius 2 is 1.87 bits per heavy atom. The zero-order valence-electron chi connectivity index (χ0n) is 27.0. The first-order chi connectivity index (χ1) is 22.9. The van der Waals surface area contributed by atoms with Crippen molar-refractivity contribution in [2.24, 2.45) is 10.4 Å². The number of likely N-dealkylation sites (tertiary alicyclic amines) is 1. The normalized spacial score (nSPS) is 16.7. The molecule has 0 amide bonds. The van der Waals surface area contributed by atoms with E-state index in [0.29, 0.717) is 11.7 Å².